The van der Waals surface area contributed by atoms with Gasteiger partial charge in [0.05, 0.1) is 6.54 Å². The molecule has 24 heavy (non-hydrogen) atoms. The van der Waals surface area contributed by atoms with E-state index in [1.54, 1.807) is 7.05 Å². The number of alkyl halides is 3. The summed E-state index contributed by atoms with van der Waals surface area (Å²) in [6.45, 7) is 1.20. The highest BCUT2D eigenvalue weighted by Crippen LogP contribution is 2.35. The van der Waals surface area contributed by atoms with Crippen LogP contribution in [-0.2, 0) is 13.1 Å². The number of rotatable bonds is 3. The molecule has 1 aromatic rings. The van der Waals surface area contributed by atoms with Crippen LogP contribution in [0, 0.1) is 11.8 Å². The number of hydrogen-bond acceptors (Lipinski definition) is 2. The highest BCUT2D eigenvalue weighted by molar-refractivity contribution is 5.80. The molecule has 0 spiro atoms. The molecule has 1 saturated carbocycles. The first-order valence-electron chi connectivity index (χ1n) is 8.48. The summed E-state index contributed by atoms with van der Waals surface area (Å²) in [6, 6.07) is 0. The summed E-state index contributed by atoms with van der Waals surface area (Å²) < 4.78 is 38.9. The average Bonchev–Trinajstić information content (AvgIpc) is 3.13. The molecule has 3 rings (SSSR count). The van der Waals surface area contributed by atoms with Crippen LogP contribution >= 0.6 is 0 Å². The molecule has 2 atom stereocenters. The van der Waals surface area contributed by atoms with Crippen molar-refractivity contribution in [1.29, 1.82) is 0 Å². The molecule has 0 aromatic carbocycles. The number of nitrogens with zero attached hydrogens (tertiary/aromatic N) is 4. The largest absolute Gasteiger partial charge is 0.406 e. The fraction of sp³-hybridized carbons (Fsp3) is 0.750. The third-order valence-corrected chi connectivity index (χ3v) is 5.04. The van der Waals surface area contributed by atoms with Crippen LogP contribution in [0.15, 0.2) is 17.4 Å². The topological polar surface area (TPSA) is 45.5 Å². The van der Waals surface area contributed by atoms with E-state index >= 15 is 0 Å². The van der Waals surface area contributed by atoms with E-state index in [1.165, 1.54) is 38.1 Å². The van der Waals surface area contributed by atoms with Crippen LogP contribution in [0.25, 0.3) is 0 Å². The Bertz CT molecular complexity index is 567. The van der Waals surface area contributed by atoms with E-state index in [2.05, 4.69) is 20.2 Å². The maximum atomic E-state index is 12.6. The Morgan fingerprint density at radius 1 is 1.29 bits per heavy atom. The molecule has 0 radical (unpaired) electrons. The number of nitrogens with one attached hydrogen (secondary N) is 1. The second-order valence-corrected chi connectivity index (χ2v) is 6.70. The van der Waals surface area contributed by atoms with Crippen LogP contribution < -0.4 is 5.32 Å². The zero-order chi connectivity index (χ0) is 17.2. The number of imidazole rings is 1. The summed E-state index contributed by atoms with van der Waals surface area (Å²) in [4.78, 5) is 10.6. The van der Waals surface area contributed by atoms with Gasteiger partial charge in [0.2, 0.25) is 0 Å². The van der Waals surface area contributed by atoms with E-state index in [4.69, 9.17) is 0 Å². The molecule has 2 fully saturated rings. The summed E-state index contributed by atoms with van der Waals surface area (Å²) in [5, 5.41) is 3.17. The molecule has 0 amide bonds. The van der Waals surface area contributed by atoms with Crippen molar-refractivity contribution in [1.82, 2.24) is 19.8 Å². The zero-order valence-corrected chi connectivity index (χ0v) is 13.9. The molecule has 2 heterocycles. The maximum absolute atomic E-state index is 12.6. The molecule has 1 aliphatic heterocycles. The summed E-state index contributed by atoms with van der Waals surface area (Å²) in [5.41, 5.74) is 0. The van der Waals surface area contributed by atoms with Crippen molar-refractivity contribution in [2.24, 2.45) is 16.8 Å². The Labute approximate surface area is 140 Å². The Balaban J connectivity index is 1.58. The van der Waals surface area contributed by atoms with Crippen molar-refractivity contribution in [3.63, 3.8) is 0 Å². The number of guanidine groups is 1. The van der Waals surface area contributed by atoms with Crippen LogP contribution in [0.4, 0.5) is 13.2 Å². The van der Waals surface area contributed by atoms with Crippen molar-refractivity contribution < 1.29 is 13.2 Å². The van der Waals surface area contributed by atoms with E-state index in [1.807, 2.05) is 0 Å². The van der Waals surface area contributed by atoms with Crippen LogP contribution in [0.2, 0.25) is 0 Å². The summed E-state index contributed by atoms with van der Waals surface area (Å²) in [6.07, 6.45) is 3.66. The lowest BCUT2D eigenvalue weighted by molar-refractivity contribution is -0.141. The van der Waals surface area contributed by atoms with Gasteiger partial charge in [-0.3, -0.25) is 4.99 Å². The Hall–Kier alpha value is -1.73. The van der Waals surface area contributed by atoms with Crippen molar-refractivity contribution in [3.05, 3.63) is 18.2 Å². The van der Waals surface area contributed by atoms with Crippen LogP contribution in [0.1, 0.15) is 31.5 Å². The predicted octanol–water partition coefficient (Wildman–Crippen LogP) is 2.64. The smallest absolute Gasteiger partial charge is 0.349 e. The second kappa shape index (κ2) is 7.03. The number of likely N-dealkylation sites (tertiary alicyclic amines) is 1. The van der Waals surface area contributed by atoms with Gasteiger partial charge in [-0.25, -0.2) is 4.98 Å². The number of hydrogen-bond donors (Lipinski definition) is 1. The van der Waals surface area contributed by atoms with Gasteiger partial charge in [0, 0.05) is 32.5 Å². The van der Waals surface area contributed by atoms with E-state index in [-0.39, 0.29) is 6.54 Å². The minimum atomic E-state index is -4.25. The third-order valence-electron chi connectivity index (χ3n) is 5.04. The van der Waals surface area contributed by atoms with Gasteiger partial charge in [-0.15, -0.1) is 0 Å². The summed E-state index contributed by atoms with van der Waals surface area (Å²) in [5.74, 6) is 2.57. The maximum Gasteiger partial charge on any atom is 0.406 e. The van der Waals surface area contributed by atoms with Gasteiger partial charge in [-0.2, -0.15) is 13.2 Å². The van der Waals surface area contributed by atoms with E-state index in [9.17, 15) is 13.2 Å². The van der Waals surface area contributed by atoms with E-state index in [0.29, 0.717) is 5.82 Å². The second-order valence-electron chi connectivity index (χ2n) is 6.70. The quantitative estimate of drug-likeness (QED) is 0.678. The average molecular weight is 343 g/mol. The molecule has 1 aliphatic carbocycles. The van der Waals surface area contributed by atoms with Gasteiger partial charge >= 0.3 is 6.18 Å². The standard InChI is InChI=1S/C16H24F3N5/c1-20-15(24-9-12-4-2-3-5-13(12)10-24)22-8-14-21-6-7-23(14)11-16(17,18)19/h6-7,12-13H,2-5,8-11H2,1H3,(H,20,22). The van der Waals surface area contributed by atoms with Gasteiger partial charge < -0.3 is 14.8 Å². The van der Waals surface area contributed by atoms with Gasteiger partial charge in [-0.05, 0) is 24.7 Å². The number of aliphatic imine (C=N–C) groups is 1. The fourth-order valence-electron chi connectivity index (χ4n) is 3.91. The van der Waals surface area contributed by atoms with Crippen molar-refractivity contribution in [2.75, 3.05) is 20.1 Å². The fourth-order valence-corrected chi connectivity index (χ4v) is 3.91. The van der Waals surface area contributed by atoms with Crippen LogP contribution in [0.3, 0.4) is 0 Å². The normalized spacial score (nSPS) is 25.0. The molecule has 134 valence electrons. The molecule has 0 bridgehead atoms. The molecular formula is C16H24F3N5. The lowest BCUT2D eigenvalue weighted by Gasteiger charge is -2.22. The first-order chi connectivity index (χ1) is 11.5. The molecule has 5 nitrogen and oxygen atoms in total. The van der Waals surface area contributed by atoms with E-state index < -0.39 is 12.7 Å². The SMILES string of the molecule is CN=C(NCc1nccn1CC(F)(F)F)N1CC2CCCCC2C1. The minimum absolute atomic E-state index is 0.238. The first-order valence-corrected chi connectivity index (χ1v) is 8.48. The molecule has 8 heteroatoms. The summed E-state index contributed by atoms with van der Waals surface area (Å²) >= 11 is 0. The van der Waals surface area contributed by atoms with Gasteiger partial charge in [0.15, 0.2) is 5.96 Å². The first kappa shape index (κ1) is 17.1. The lowest BCUT2D eigenvalue weighted by Crippen LogP contribution is -2.40. The van der Waals surface area contributed by atoms with Crippen LogP contribution in [0.5, 0.6) is 0 Å². The molecule has 1 aromatic heterocycles. The van der Waals surface area contributed by atoms with Crippen LogP contribution in [-0.4, -0.2) is 46.7 Å². The lowest BCUT2D eigenvalue weighted by atomic mass is 9.82. The Morgan fingerprint density at radius 3 is 2.54 bits per heavy atom. The van der Waals surface area contributed by atoms with Crippen molar-refractivity contribution >= 4 is 5.96 Å². The predicted molar refractivity (Wildman–Crippen MR) is 85.5 cm³/mol. The highest BCUT2D eigenvalue weighted by Gasteiger charge is 2.35. The highest BCUT2D eigenvalue weighted by atomic mass is 19.4. The van der Waals surface area contributed by atoms with Gasteiger partial charge in [-0.1, -0.05) is 12.8 Å². The third kappa shape index (κ3) is 4.02. The minimum Gasteiger partial charge on any atom is -0.349 e. The van der Waals surface area contributed by atoms with E-state index in [0.717, 1.165) is 35.5 Å². The van der Waals surface area contributed by atoms with Crippen molar-refractivity contribution in [2.45, 2.75) is 44.9 Å². The molecule has 1 saturated heterocycles. The van der Waals surface area contributed by atoms with Gasteiger partial charge in [0.25, 0.3) is 0 Å². The molecule has 1 N–H and O–H groups in total. The van der Waals surface area contributed by atoms with Gasteiger partial charge in [0.1, 0.15) is 12.4 Å². The molecular weight excluding hydrogens is 319 g/mol. The molecule has 2 unspecified atom stereocenters. The van der Waals surface area contributed by atoms with Crippen molar-refractivity contribution in [3.8, 4) is 0 Å². The zero-order valence-electron chi connectivity index (χ0n) is 13.9. The summed E-state index contributed by atoms with van der Waals surface area (Å²) in [7, 11) is 1.71. The Morgan fingerprint density at radius 2 is 1.96 bits per heavy atom. The Kier molecular flexibility index (Phi) is 5.01. The molecule has 2 aliphatic rings. The number of halogens is 3. The number of aromatic nitrogens is 2. The monoisotopic (exact) mass is 343 g/mol. The number of fused-ring (bicyclic) bond motifs is 1.